The van der Waals surface area contributed by atoms with Crippen molar-refractivity contribution in [1.29, 1.82) is 0 Å². The first-order chi connectivity index (χ1) is 24.8. The Morgan fingerprint density at radius 2 is 1.78 bits per heavy atom. The van der Waals surface area contributed by atoms with E-state index < -0.39 is 0 Å². The second-order valence-electron chi connectivity index (χ2n) is 12.5. The highest BCUT2D eigenvalue weighted by Gasteiger charge is 2.22. The van der Waals surface area contributed by atoms with Crippen molar-refractivity contribution in [2.75, 3.05) is 68.8 Å². The molecule has 5 aromatic rings. The summed E-state index contributed by atoms with van der Waals surface area (Å²) in [7, 11) is 0. The van der Waals surface area contributed by atoms with Crippen molar-refractivity contribution in [1.82, 2.24) is 45.2 Å². The van der Waals surface area contributed by atoms with Crippen LogP contribution in [0.5, 0.6) is 5.75 Å². The summed E-state index contributed by atoms with van der Waals surface area (Å²) >= 11 is 0. The Morgan fingerprint density at radius 1 is 0.961 bits per heavy atom. The molecule has 1 fully saturated rings. The first-order valence-corrected chi connectivity index (χ1v) is 16.9. The van der Waals surface area contributed by atoms with Crippen molar-refractivity contribution in [3.05, 3.63) is 77.4 Å². The van der Waals surface area contributed by atoms with Gasteiger partial charge < -0.3 is 41.7 Å². The number of carbonyl (C=O) groups excluding carboxylic acids is 2. The van der Waals surface area contributed by atoms with Crippen LogP contribution in [0.25, 0.3) is 22.3 Å². The molecule has 2 aliphatic rings. The van der Waals surface area contributed by atoms with Crippen molar-refractivity contribution in [3.8, 4) is 17.0 Å². The number of ether oxygens (including phenoxy) is 1. The maximum absolute atomic E-state index is 13.0. The van der Waals surface area contributed by atoms with E-state index in [2.05, 4.69) is 47.6 Å². The smallest absolute Gasteiger partial charge is 0.254 e. The number of nitrogens with zero attached hydrogens (tertiary/aromatic N) is 8. The molecule has 7 N–H and O–H groups in total. The monoisotopic (exact) mass is 692 g/mol. The van der Waals surface area contributed by atoms with E-state index in [1.165, 1.54) is 30.4 Å². The molecule has 16 heteroatoms. The number of piperazine rings is 1. The van der Waals surface area contributed by atoms with Crippen LogP contribution >= 0.6 is 0 Å². The topological polar surface area (TPSA) is 216 Å². The number of nitrogens with one attached hydrogen (secondary N) is 2. The molecular weight excluding hydrogens is 652 g/mol. The normalized spacial score (nSPS) is 14.4. The maximum atomic E-state index is 13.0. The van der Waals surface area contributed by atoms with E-state index in [1.54, 1.807) is 16.8 Å². The van der Waals surface area contributed by atoms with Gasteiger partial charge in [0.15, 0.2) is 5.65 Å². The average Bonchev–Trinajstić information content (AvgIpc) is 3.53. The van der Waals surface area contributed by atoms with Crippen molar-refractivity contribution < 1.29 is 19.4 Å². The molecule has 0 atom stereocenters. The van der Waals surface area contributed by atoms with Crippen LogP contribution < -0.4 is 27.0 Å². The number of nitrogens with two attached hydrogens (primary N) is 2. The lowest BCUT2D eigenvalue weighted by Crippen LogP contribution is -2.44. The van der Waals surface area contributed by atoms with Gasteiger partial charge >= 0.3 is 0 Å². The van der Waals surface area contributed by atoms with Crippen molar-refractivity contribution in [2.45, 2.75) is 25.9 Å². The third-order valence-corrected chi connectivity index (χ3v) is 9.12. The van der Waals surface area contributed by atoms with E-state index in [-0.39, 0.29) is 36.3 Å². The van der Waals surface area contributed by atoms with Crippen LogP contribution in [-0.4, -0.2) is 104 Å². The SMILES string of the molecule is Nc1cc(-c2nn(Cc3ccc4c(c3)CCN(C(=O)CCOCCNC(=O)c3cnc(N5CCNCC5)nc3)C4)c3ncnc(N)c23)ccc1O. The average molecular weight is 693 g/mol. The molecule has 0 saturated carbocycles. The van der Waals surface area contributed by atoms with Gasteiger partial charge in [-0.2, -0.15) is 5.10 Å². The van der Waals surface area contributed by atoms with Crippen LogP contribution in [0.4, 0.5) is 17.5 Å². The van der Waals surface area contributed by atoms with E-state index in [0.29, 0.717) is 72.4 Å². The van der Waals surface area contributed by atoms with Gasteiger partial charge in [-0.1, -0.05) is 18.2 Å². The molecule has 0 bridgehead atoms. The second-order valence-corrected chi connectivity index (χ2v) is 12.5. The first kappa shape index (κ1) is 33.6. The van der Waals surface area contributed by atoms with E-state index in [0.717, 1.165) is 43.7 Å². The lowest BCUT2D eigenvalue weighted by Gasteiger charge is -2.29. The number of hydrogen-bond acceptors (Lipinski definition) is 13. The molecule has 1 saturated heterocycles. The fraction of sp³-hybridized carbons (Fsp3) is 0.343. The Bertz CT molecular complexity index is 2050. The number of carbonyl (C=O) groups is 2. The summed E-state index contributed by atoms with van der Waals surface area (Å²) in [5.74, 6) is 0.681. The minimum atomic E-state index is -0.266. The van der Waals surface area contributed by atoms with Gasteiger partial charge in [-0.05, 0) is 41.3 Å². The highest BCUT2D eigenvalue weighted by atomic mass is 16.5. The largest absolute Gasteiger partial charge is 0.506 e. The molecular formula is C35H40N12O4. The highest BCUT2D eigenvalue weighted by molar-refractivity contribution is 5.98. The zero-order valence-electron chi connectivity index (χ0n) is 28.1. The predicted octanol–water partition coefficient (Wildman–Crippen LogP) is 1.33. The number of aromatic nitrogens is 6. The maximum Gasteiger partial charge on any atom is 0.254 e. The zero-order chi connectivity index (χ0) is 35.3. The van der Waals surface area contributed by atoms with Crippen LogP contribution in [0.2, 0.25) is 0 Å². The Labute approximate surface area is 293 Å². The van der Waals surface area contributed by atoms with Crippen LogP contribution in [-0.2, 0) is 29.0 Å². The third-order valence-electron chi connectivity index (χ3n) is 9.12. The summed E-state index contributed by atoms with van der Waals surface area (Å²) < 4.78 is 7.44. The number of nitrogen functional groups attached to an aromatic ring is 2. The molecule has 3 aromatic heterocycles. The van der Waals surface area contributed by atoms with E-state index >= 15 is 0 Å². The number of aromatic hydroxyl groups is 1. The van der Waals surface area contributed by atoms with Crippen molar-refractivity contribution >= 4 is 40.3 Å². The molecule has 0 unspecified atom stereocenters. The second kappa shape index (κ2) is 14.9. The molecule has 2 aromatic carbocycles. The molecule has 51 heavy (non-hydrogen) atoms. The van der Waals surface area contributed by atoms with Gasteiger partial charge in [0.1, 0.15) is 23.6 Å². The summed E-state index contributed by atoms with van der Waals surface area (Å²) in [4.78, 5) is 46.7. The molecule has 0 radical (unpaired) electrons. The van der Waals surface area contributed by atoms with Crippen LogP contribution in [0.3, 0.4) is 0 Å². The highest BCUT2D eigenvalue weighted by Crippen LogP contribution is 2.34. The van der Waals surface area contributed by atoms with Gasteiger partial charge in [-0.3, -0.25) is 9.59 Å². The van der Waals surface area contributed by atoms with Gasteiger partial charge in [0, 0.05) is 63.8 Å². The Balaban J connectivity index is 0.883. The number of hydrogen-bond donors (Lipinski definition) is 5. The van der Waals surface area contributed by atoms with Gasteiger partial charge in [0.05, 0.1) is 42.8 Å². The van der Waals surface area contributed by atoms with Crippen LogP contribution in [0.1, 0.15) is 33.5 Å². The lowest BCUT2D eigenvalue weighted by atomic mass is 9.97. The Morgan fingerprint density at radius 3 is 2.59 bits per heavy atom. The number of anilines is 3. The number of amides is 2. The van der Waals surface area contributed by atoms with E-state index in [4.69, 9.17) is 21.3 Å². The minimum Gasteiger partial charge on any atom is -0.506 e. The summed E-state index contributed by atoms with van der Waals surface area (Å²) in [5, 5.41) is 21.4. The lowest BCUT2D eigenvalue weighted by molar-refractivity contribution is -0.133. The van der Waals surface area contributed by atoms with Gasteiger partial charge in [0.2, 0.25) is 11.9 Å². The minimum absolute atomic E-state index is 0.00714. The molecule has 0 spiro atoms. The van der Waals surface area contributed by atoms with Crippen molar-refractivity contribution in [2.24, 2.45) is 0 Å². The van der Waals surface area contributed by atoms with E-state index in [1.807, 2.05) is 11.0 Å². The molecule has 2 amide bonds. The predicted molar refractivity (Wildman–Crippen MR) is 191 cm³/mol. The Kier molecular flexibility index (Phi) is 9.85. The van der Waals surface area contributed by atoms with Crippen LogP contribution in [0.15, 0.2) is 55.1 Å². The fourth-order valence-corrected chi connectivity index (χ4v) is 6.36. The number of fused-ring (bicyclic) bond motifs is 2. The fourth-order valence-electron chi connectivity index (χ4n) is 6.36. The summed E-state index contributed by atoms with van der Waals surface area (Å²) in [5.41, 5.74) is 18.0. The molecule has 264 valence electrons. The summed E-state index contributed by atoms with van der Waals surface area (Å²) in [6.45, 7) is 5.89. The van der Waals surface area contributed by atoms with Gasteiger partial charge in [-0.15, -0.1) is 0 Å². The molecule has 5 heterocycles. The van der Waals surface area contributed by atoms with Gasteiger partial charge in [0.25, 0.3) is 5.91 Å². The molecule has 7 rings (SSSR count). The standard InChI is InChI=1S/C35H40N12O4/c36-27-16-24(3-4-28(27)48)31-30-32(37)42-21-43-33(30)47(44-31)19-22-1-2-25-20-46(10-5-23(25)15-22)29(49)6-13-51-14-9-39-34(50)26-17-40-35(41-18-26)45-11-7-38-8-12-45/h1-4,15-18,21,38,48H,5-14,19-20,36H2,(H,39,50)(H2,37,42,43). The molecule has 0 aliphatic carbocycles. The number of phenols is 1. The summed E-state index contributed by atoms with van der Waals surface area (Å²) in [6, 6.07) is 11.1. The van der Waals surface area contributed by atoms with Gasteiger partial charge in [-0.25, -0.2) is 24.6 Å². The third kappa shape index (κ3) is 7.51. The van der Waals surface area contributed by atoms with E-state index in [9.17, 15) is 14.7 Å². The number of rotatable bonds is 11. The Hall–Kier alpha value is -5.87. The quantitative estimate of drug-likeness (QED) is 0.0751. The van der Waals surface area contributed by atoms with Crippen molar-refractivity contribution in [3.63, 3.8) is 0 Å². The zero-order valence-corrected chi connectivity index (χ0v) is 28.1. The summed E-state index contributed by atoms with van der Waals surface area (Å²) in [6.07, 6.45) is 5.48. The number of benzene rings is 2. The van der Waals surface area contributed by atoms with Crippen LogP contribution in [0, 0.1) is 0 Å². The number of phenolic OH excluding ortho intramolecular Hbond substituents is 1. The molecule has 16 nitrogen and oxygen atoms in total. The molecule has 2 aliphatic heterocycles. The first-order valence-electron chi connectivity index (χ1n) is 16.9.